The van der Waals surface area contributed by atoms with Crippen LogP contribution in [0.1, 0.15) is 41.0 Å². The monoisotopic (exact) mass is 187 g/mol. The minimum Gasteiger partial charge on any atom is -0.377 e. The molecule has 80 valence electrons. The van der Waals surface area contributed by atoms with E-state index < -0.39 is 0 Å². The second kappa shape index (κ2) is 6.39. The maximum atomic E-state index is 5.87. The van der Waals surface area contributed by atoms with Crippen LogP contribution in [0.2, 0.25) is 0 Å². The number of nitrogens with two attached hydrogens (primary N) is 1. The molecule has 2 unspecified atom stereocenters. The predicted molar refractivity (Wildman–Crippen MR) is 57.7 cm³/mol. The molecule has 0 fully saturated rings. The third-order valence-corrected chi connectivity index (χ3v) is 2.23. The molecule has 0 aliphatic rings. The van der Waals surface area contributed by atoms with Gasteiger partial charge in [0.1, 0.15) is 0 Å². The van der Waals surface area contributed by atoms with Gasteiger partial charge in [0.05, 0.1) is 12.7 Å². The zero-order chi connectivity index (χ0) is 10.4. The van der Waals surface area contributed by atoms with Gasteiger partial charge in [-0.05, 0) is 25.2 Å². The molecule has 2 N–H and O–H groups in total. The number of hydrogen-bond acceptors (Lipinski definition) is 2. The van der Waals surface area contributed by atoms with Crippen LogP contribution in [0.4, 0.5) is 0 Å². The SMILES string of the molecule is CC(C)CC(C)OCC(N)C(C)C. The quantitative estimate of drug-likeness (QED) is 0.693. The van der Waals surface area contributed by atoms with E-state index in [0.29, 0.717) is 24.5 Å². The summed E-state index contributed by atoms with van der Waals surface area (Å²) in [6, 6.07) is 0.176. The van der Waals surface area contributed by atoms with E-state index in [1.54, 1.807) is 0 Å². The van der Waals surface area contributed by atoms with Crippen molar-refractivity contribution >= 4 is 0 Å². The van der Waals surface area contributed by atoms with Gasteiger partial charge in [-0.25, -0.2) is 0 Å². The maximum absolute atomic E-state index is 5.87. The van der Waals surface area contributed by atoms with Crippen LogP contribution in [0.3, 0.4) is 0 Å². The van der Waals surface area contributed by atoms with E-state index in [-0.39, 0.29) is 6.04 Å². The van der Waals surface area contributed by atoms with E-state index in [4.69, 9.17) is 10.5 Å². The predicted octanol–water partition coefficient (Wildman–Crippen LogP) is 2.42. The molecular formula is C11H25NO. The van der Waals surface area contributed by atoms with Crippen LogP contribution in [0.15, 0.2) is 0 Å². The van der Waals surface area contributed by atoms with Crippen molar-refractivity contribution in [3.8, 4) is 0 Å². The highest BCUT2D eigenvalue weighted by Crippen LogP contribution is 2.08. The second-order valence-corrected chi connectivity index (χ2v) is 4.68. The average molecular weight is 187 g/mol. The summed E-state index contributed by atoms with van der Waals surface area (Å²) in [7, 11) is 0. The summed E-state index contributed by atoms with van der Waals surface area (Å²) in [6.45, 7) is 11.5. The fraction of sp³-hybridized carbons (Fsp3) is 1.00. The fourth-order valence-corrected chi connectivity index (χ4v) is 1.20. The standard InChI is InChI=1S/C11H25NO/c1-8(2)6-10(5)13-7-11(12)9(3)4/h8-11H,6-7,12H2,1-5H3. The Morgan fingerprint density at radius 3 is 2.00 bits per heavy atom. The first-order valence-electron chi connectivity index (χ1n) is 5.30. The molecule has 2 nitrogen and oxygen atoms in total. The molecule has 2 heteroatoms. The Kier molecular flexibility index (Phi) is 6.35. The van der Waals surface area contributed by atoms with Gasteiger partial charge in [-0.15, -0.1) is 0 Å². The first-order valence-corrected chi connectivity index (χ1v) is 5.30. The van der Waals surface area contributed by atoms with E-state index in [0.717, 1.165) is 6.42 Å². The molecule has 0 bridgehead atoms. The molecule has 0 aromatic carbocycles. The van der Waals surface area contributed by atoms with Gasteiger partial charge in [0.2, 0.25) is 0 Å². The van der Waals surface area contributed by atoms with Gasteiger partial charge >= 0.3 is 0 Å². The smallest absolute Gasteiger partial charge is 0.0623 e. The van der Waals surface area contributed by atoms with Gasteiger partial charge in [0.25, 0.3) is 0 Å². The molecule has 0 saturated carbocycles. The lowest BCUT2D eigenvalue weighted by Gasteiger charge is -2.20. The average Bonchev–Trinajstić information content (AvgIpc) is 1.98. The van der Waals surface area contributed by atoms with E-state index in [1.165, 1.54) is 0 Å². The minimum absolute atomic E-state index is 0.176. The summed E-state index contributed by atoms with van der Waals surface area (Å²) in [5.74, 6) is 1.21. The van der Waals surface area contributed by atoms with Gasteiger partial charge in [-0.2, -0.15) is 0 Å². The lowest BCUT2D eigenvalue weighted by molar-refractivity contribution is 0.0366. The van der Waals surface area contributed by atoms with Crippen molar-refractivity contribution in [1.29, 1.82) is 0 Å². The number of rotatable bonds is 6. The third kappa shape index (κ3) is 7.03. The van der Waals surface area contributed by atoms with Gasteiger partial charge < -0.3 is 10.5 Å². The molecule has 0 spiro atoms. The Balaban J connectivity index is 3.51. The summed E-state index contributed by atoms with van der Waals surface area (Å²) in [5, 5.41) is 0. The Morgan fingerprint density at radius 1 is 1.08 bits per heavy atom. The highest BCUT2D eigenvalue weighted by atomic mass is 16.5. The third-order valence-electron chi connectivity index (χ3n) is 2.23. The van der Waals surface area contributed by atoms with Crippen LogP contribution in [0, 0.1) is 11.8 Å². The number of ether oxygens (including phenoxy) is 1. The van der Waals surface area contributed by atoms with Crippen LogP contribution < -0.4 is 5.73 Å². The van der Waals surface area contributed by atoms with Crippen LogP contribution in [0.5, 0.6) is 0 Å². The molecule has 0 heterocycles. The first-order chi connectivity index (χ1) is 5.93. The molecule has 0 amide bonds. The van der Waals surface area contributed by atoms with Crippen molar-refractivity contribution < 1.29 is 4.74 Å². The first kappa shape index (κ1) is 12.9. The minimum atomic E-state index is 0.176. The zero-order valence-corrected chi connectivity index (χ0v) is 9.71. The summed E-state index contributed by atoms with van der Waals surface area (Å²) in [4.78, 5) is 0. The lowest BCUT2D eigenvalue weighted by atomic mass is 10.1. The Labute approximate surface area is 82.8 Å². The van der Waals surface area contributed by atoms with E-state index in [2.05, 4.69) is 34.6 Å². The molecule has 0 aliphatic heterocycles. The molecule has 0 saturated heterocycles. The largest absolute Gasteiger partial charge is 0.377 e. The maximum Gasteiger partial charge on any atom is 0.0623 e. The summed E-state index contributed by atoms with van der Waals surface area (Å²) in [6.07, 6.45) is 1.45. The zero-order valence-electron chi connectivity index (χ0n) is 9.71. The van der Waals surface area contributed by atoms with Crippen molar-refractivity contribution in [3.63, 3.8) is 0 Å². The topological polar surface area (TPSA) is 35.2 Å². The molecule has 13 heavy (non-hydrogen) atoms. The molecule has 2 atom stereocenters. The van der Waals surface area contributed by atoms with E-state index >= 15 is 0 Å². The van der Waals surface area contributed by atoms with Gasteiger partial charge in [-0.1, -0.05) is 27.7 Å². The Bertz CT molecular complexity index is 123. The molecule has 0 rings (SSSR count). The van der Waals surface area contributed by atoms with Gasteiger partial charge in [0, 0.05) is 6.04 Å². The highest BCUT2D eigenvalue weighted by molar-refractivity contribution is 4.65. The van der Waals surface area contributed by atoms with Crippen molar-refractivity contribution in [1.82, 2.24) is 0 Å². The summed E-state index contributed by atoms with van der Waals surface area (Å²) < 4.78 is 5.65. The van der Waals surface area contributed by atoms with Crippen LogP contribution in [-0.4, -0.2) is 18.8 Å². The summed E-state index contributed by atoms with van der Waals surface area (Å²) >= 11 is 0. The molecular weight excluding hydrogens is 162 g/mol. The Hall–Kier alpha value is -0.0800. The fourth-order valence-electron chi connectivity index (χ4n) is 1.20. The van der Waals surface area contributed by atoms with Gasteiger partial charge in [0.15, 0.2) is 0 Å². The van der Waals surface area contributed by atoms with Crippen LogP contribution >= 0.6 is 0 Å². The highest BCUT2D eigenvalue weighted by Gasteiger charge is 2.10. The summed E-state index contributed by atoms with van der Waals surface area (Å²) in [5.41, 5.74) is 5.87. The van der Waals surface area contributed by atoms with Crippen LogP contribution in [-0.2, 0) is 4.74 Å². The van der Waals surface area contributed by atoms with E-state index in [1.807, 2.05) is 0 Å². The normalized spacial score (nSPS) is 16.6. The van der Waals surface area contributed by atoms with Crippen molar-refractivity contribution in [2.75, 3.05) is 6.61 Å². The molecule has 0 aromatic heterocycles. The van der Waals surface area contributed by atoms with Crippen molar-refractivity contribution in [2.24, 2.45) is 17.6 Å². The molecule has 0 aromatic rings. The van der Waals surface area contributed by atoms with Gasteiger partial charge in [-0.3, -0.25) is 0 Å². The van der Waals surface area contributed by atoms with Crippen molar-refractivity contribution in [3.05, 3.63) is 0 Å². The molecule has 0 aliphatic carbocycles. The molecule has 0 radical (unpaired) electrons. The second-order valence-electron chi connectivity index (χ2n) is 4.68. The van der Waals surface area contributed by atoms with E-state index in [9.17, 15) is 0 Å². The Morgan fingerprint density at radius 2 is 1.62 bits per heavy atom. The van der Waals surface area contributed by atoms with Crippen molar-refractivity contribution in [2.45, 2.75) is 53.2 Å². The number of hydrogen-bond donors (Lipinski definition) is 1. The van der Waals surface area contributed by atoms with Crippen LogP contribution in [0.25, 0.3) is 0 Å². The lowest BCUT2D eigenvalue weighted by Crippen LogP contribution is -2.33.